The zero-order valence-electron chi connectivity index (χ0n) is 14.8. The fraction of sp³-hybridized carbons (Fsp3) is 0.105. The van der Waals surface area contributed by atoms with E-state index in [9.17, 15) is 24.5 Å². The van der Waals surface area contributed by atoms with Gasteiger partial charge in [-0.05, 0) is 41.1 Å². The Hall–Kier alpha value is -3.66. The molecule has 0 atom stereocenters. The molecular weight excluding hydrogens is 400 g/mol. The molecule has 2 aromatic carbocycles. The lowest BCUT2D eigenvalue weighted by molar-refractivity contribution is -0.384. The summed E-state index contributed by atoms with van der Waals surface area (Å²) < 4.78 is 5.04. The molecule has 3 rings (SSSR count). The van der Waals surface area contributed by atoms with Crippen molar-refractivity contribution in [3.8, 4) is 5.75 Å². The van der Waals surface area contributed by atoms with E-state index in [1.165, 1.54) is 18.2 Å². The molecule has 0 unspecified atom stereocenters. The van der Waals surface area contributed by atoms with Crippen molar-refractivity contribution in [2.75, 3.05) is 6.61 Å². The van der Waals surface area contributed by atoms with Gasteiger partial charge in [-0.15, -0.1) is 0 Å². The van der Waals surface area contributed by atoms with Gasteiger partial charge in [-0.3, -0.25) is 24.6 Å². The number of carboxylic acids is 1. The van der Waals surface area contributed by atoms with Crippen LogP contribution in [0.1, 0.15) is 11.1 Å². The van der Waals surface area contributed by atoms with Gasteiger partial charge >= 0.3 is 5.97 Å². The highest BCUT2D eigenvalue weighted by Crippen LogP contribution is 2.33. The third-order valence-corrected chi connectivity index (χ3v) is 4.78. The number of aliphatic carboxylic acids is 1. The van der Waals surface area contributed by atoms with E-state index in [-0.39, 0.29) is 17.1 Å². The molecular formula is C19H14N2O7S. The first-order valence-electron chi connectivity index (χ1n) is 8.27. The highest BCUT2D eigenvalue weighted by Gasteiger charge is 2.35. The maximum Gasteiger partial charge on any atom is 0.341 e. The van der Waals surface area contributed by atoms with Crippen LogP contribution in [0.5, 0.6) is 5.75 Å². The zero-order chi connectivity index (χ0) is 21.0. The maximum absolute atomic E-state index is 12.6. The van der Waals surface area contributed by atoms with Gasteiger partial charge in [0.2, 0.25) is 0 Å². The van der Waals surface area contributed by atoms with E-state index in [1.807, 2.05) is 0 Å². The highest BCUT2D eigenvalue weighted by atomic mass is 32.2. The van der Waals surface area contributed by atoms with Gasteiger partial charge < -0.3 is 9.84 Å². The van der Waals surface area contributed by atoms with Crippen LogP contribution in [0, 0.1) is 10.1 Å². The number of ether oxygens (including phenoxy) is 1. The van der Waals surface area contributed by atoms with Crippen molar-refractivity contribution in [2.24, 2.45) is 0 Å². The van der Waals surface area contributed by atoms with Crippen LogP contribution in [0.3, 0.4) is 0 Å². The molecule has 1 saturated heterocycles. The highest BCUT2D eigenvalue weighted by molar-refractivity contribution is 8.18. The van der Waals surface area contributed by atoms with Gasteiger partial charge in [0.05, 0.1) is 16.4 Å². The number of carboxylic acid groups (broad SMARTS) is 1. The predicted octanol–water partition coefficient (Wildman–Crippen LogP) is 3.29. The van der Waals surface area contributed by atoms with E-state index in [0.717, 1.165) is 16.7 Å². The summed E-state index contributed by atoms with van der Waals surface area (Å²) in [4.78, 5) is 46.9. The summed E-state index contributed by atoms with van der Waals surface area (Å²) in [5.74, 6) is -1.22. The fourth-order valence-electron chi connectivity index (χ4n) is 2.54. The summed E-state index contributed by atoms with van der Waals surface area (Å²) in [6.45, 7) is -0.526. The Morgan fingerprint density at radius 3 is 2.59 bits per heavy atom. The average Bonchev–Trinajstić information content (AvgIpc) is 2.95. The van der Waals surface area contributed by atoms with Gasteiger partial charge in [0.25, 0.3) is 16.8 Å². The number of nitro groups is 1. The van der Waals surface area contributed by atoms with E-state index in [4.69, 9.17) is 9.84 Å². The molecule has 1 N–H and O–H groups in total. The van der Waals surface area contributed by atoms with E-state index in [1.54, 1.807) is 36.4 Å². The molecule has 2 aromatic rings. The number of nitro benzene ring substituents is 1. The maximum atomic E-state index is 12.6. The molecule has 1 aliphatic heterocycles. The predicted molar refractivity (Wildman–Crippen MR) is 104 cm³/mol. The first-order chi connectivity index (χ1) is 13.8. The Balaban J connectivity index is 1.72. The second kappa shape index (κ2) is 8.57. The molecule has 148 valence electrons. The minimum absolute atomic E-state index is 0.0638. The Kier molecular flexibility index (Phi) is 5.93. The van der Waals surface area contributed by atoms with Gasteiger partial charge in [-0.1, -0.05) is 24.3 Å². The molecule has 2 amide bonds. The molecule has 9 nitrogen and oxygen atoms in total. The zero-order valence-corrected chi connectivity index (χ0v) is 15.6. The quantitative estimate of drug-likeness (QED) is 0.415. The van der Waals surface area contributed by atoms with Crippen molar-refractivity contribution < 1.29 is 29.2 Å². The number of nitrogens with zero attached hydrogens (tertiary/aromatic N) is 2. The smallest absolute Gasteiger partial charge is 0.341 e. The molecule has 0 saturated carbocycles. The normalized spacial score (nSPS) is 15.0. The number of rotatable bonds is 7. The molecule has 29 heavy (non-hydrogen) atoms. The van der Waals surface area contributed by atoms with Gasteiger partial charge in [0.1, 0.15) is 5.75 Å². The average molecular weight is 414 g/mol. The number of carbonyl (C=O) groups excluding carboxylic acids is 2. The second-order valence-corrected chi connectivity index (χ2v) is 6.94. The second-order valence-electron chi connectivity index (χ2n) is 5.95. The summed E-state index contributed by atoms with van der Waals surface area (Å²) in [7, 11) is 0. The number of imide groups is 1. The number of amides is 2. The third-order valence-electron chi connectivity index (χ3n) is 3.88. The van der Waals surface area contributed by atoms with Crippen LogP contribution in [0.15, 0.2) is 53.4 Å². The molecule has 1 heterocycles. The lowest BCUT2D eigenvalue weighted by Crippen LogP contribution is -2.27. The summed E-state index contributed by atoms with van der Waals surface area (Å²) in [6, 6.07) is 12.1. The number of hydrogen-bond donors (Lipinski definition) is 1. The van der Waals surface area contributed by atoms with Crippen molar-refractivity contribution in [1.82, 2.24) is 4.90 Å². The summed E-state index contributed by atoms with van der Waals surface area (Å²) in [5.41, 5.74) is 0.992. The molecule has 1 fully saturated rings. The lowest BCUT2D eigenvalue weighted by Gasteiger charge is -2.12. The Labute approximate surface area is 168 Å². The van der Waals surface area contributed by atoms with Crippen LogP contribution in [-0.4, -0.2) is 38.7 Å². The molecule has 0 spiro atoms. The number of benzene rings is 2. The molecule has 1 aliphatic rings. The SMILES string of the molecule is O=C(O)COc1ccc(C=C2SC(=O)N(Cc3cccc([N+](=O)[O-])c3)C2=O)cc1. The van der Waals surface area contributed by atoms with Crippen LogP contribution in [-0.2, 0) is 16.1 Å². The van der Waals surface area contributed by atoms with Crippen molar-refractivity contribution in [1.29, 1.82) is 0 Å². The van der Waals surface area contributed by atoms with Crippen molar-refractivity contribution in [2.45, 2.75) is 6.54 Å². The minimum atomic E-state index is -1.09. The number of thioether (sulfide) groups is 1. The monoisotopic (exact) mass is 414 g/mol. The number of non-ortho nitro benzene ring substituents is 1. The van der Waals surface area contributed by atoms with Gasteiger partial charge in [0, 0.05) is 12.1 Å². The van der Waals surface area contributed by atoms with Crippen LogP contribution in [0.25, 0.3) is 6.08 Å². The third kappa shape index (κ3) is 4.99. The Morgan fingerprint density at radius 2 is 1.93 bits per heavy atom. The van der Waals surface area contributed by atoms with Gasteiger partial charge in [-0.25, -0.2) is 4.79 Å². The van der Waals surface area contributed by atoms with Gasteiger partial charge in [0.15, 0.2) is 6.61 Å². The summed E-state index contributed by atoms with van der Waals surface area (Å²) in [6.07, 6.45) is 1.54. The topological polar surface area (TPSA) is 127 Å². The minimum Gasteiger partial charge on any atom is -0.482 e. The van der Waals surface area contributed by atoms with Crippen LogP contribution in [0.2, 0.25) is 0 Å². The number of hydrogen-bond acceptors (Lipinski definition) is 7. The van der Waals surface area contributed by atoms with Crippen LogP contribution < -0.4 is 4.74 Å². The molecule has 0 radical (unpaired) electrons. The lowest BCUT2D eigenvalue weighted by atomic mass is 10.2. The molecule has 10 heteroatoms. The molecule has 0 aromatic heterocycles. The number of carbonyl (C=O) groups is 3. The largest absolute Gasteiger partial charge is 0.482 e. The van der Waals surface area contributed by atoms with E-state index in [0.29, 0.717) is 16.9 Å². The summed E-state index contributed by atoms with van der Waals surface area (Å²) in [5, 5.41) is 19.0. The van der Waals surface area contributed by atoms with Crippen molar-refractivity contribution in [3.63, 3.8) is 0 Å². The first kappa shape index (κ1) is 20.1. The Bertz CT molecular complexity index is 1020. The van der Waals surface area contributed by atoms with E-state index in [2.05, 4.69) is 0 Å². The first-order valence-corrected chi connectivity index (χ1v) is 9.08. The van der Waals surface area contributed by atoms with E-state index >= 15 is 0 Å². The molecule has 0 aliphatic carbocycles. The van der Waals surface area contributed by atoms with Crippen LogP contribution in [0.4, 0.5) is 10.5 Å². The summed E-state index contributed by atoms with van der Waals surface area (Å²) >= 11 is 0.780. The Morgan fingerprint density at radius 1 is 1.21 bits per heavy atom. The fourth-order valence-corrected chi connectivity index (χ4v) is 3.38. The van der Waals surface area contributed by atoms with Crippen LogP contribution >= 0.6 is 11.8 Å². The van der Waals surface area contributed by atoms with Crippen molar-refractivity contribution >= 4 is 40.6 Å². The van der Waals surface area contributed by atoms with E-state index < -0.39 is 28.6 Å². The molecule has 0 bridgehead atoms. The van der Waals surface area contributed by atoms with Gasteiger partial charge in [-0.2, -0.15) is 0 Å². The van der Waals surface area contributed by atoms with Crippen molar-refractivity contribution in [3.05, 3.63) is 74.7 Å². The standard InChI is InChI=1S/C19H14N2O7S/c22-17(23)11-28-15-6-4-12(5-7-15)9-16-18(24)20(19(25)29-16)10-13-2-1-3-14(8-13)21(26)27/h1-9H,10-11H2,(H,22,23).